The molecule has 2 rings (SSSR count). The van der Waals surface area contributed by atoms with Gasteiger partial charge in [-0.25, -0.2) is 0 Å². The molecule has 0 fully saturated rings. The summed E-state index contributed by atoms with van der Waals surface area (Å²) in [7, 11) is 0. The van der Waals surface area contributed by atoms with Crippen molar-refractivity contribution in [3.63, 3.8) is 0 Å². The number of halogens is 1. The van der Waals surface area contributed by atoms with Crippen LogP contribution in [0.15, 0.2) is 28.9 Å². The number of hydrogen-bond acceptors (Lipinski definition) is 3. The lowest BCUT2D eigenvalue weighted by Crippen LogP contribution is -2.19. The number of thiol groups is 1. The molecule has 0 N–H and O–H groups in total. The summed E-state index contributed by atoms with van der Waals surface area (Å²) in [6.07, 6.45) is 1.19. The molecule has 0 aliphatic carbocycles. The number of hydrogen-bond donors (Lipinski definition) is 1. The van der Waals surface area contributed by atoms with Crippen LogP contribution in [0.25, 0.3) is 10.9 Å². The molecule has 0 saturated heterocycles. The largest absolute Gasteiger partial charge is 0.482 e. The van der Waals surface area contributed by atoms with Gasteiger partial charge in [0, 0.05) is 16.1 Å². The highest BCUT2D eigenvalue weighted by Gasteiger charge is 2.12. The average Bonchev–Trinajstić information content (AvgIpc) is 2.30. The van der Waals surface area contributed by atoms with Crippen LogP contribution in [0.4, 0.5) is 0 Å². The van der Waals surface area contributed by atoms with Crippen LogP contribution in [0, 0.1) is 6.92 Å². The number of rotatable bonds is 3. The highest BCUT2D eigenvalue weighted by molar-refractivity contribution is 9.10. The number of carbonyl (C=O) groups excluding carboxylic acids is 1. The van der Waals surface area contributed by atoms with Gasteiger partial charge in [0.25, 0.3) is 0 Å². The minimum atomic E-state index is -0.565. The van der Waals surface area contributed by atoms with Crippen molar-refractivity contribution in [1.29, 1.82) is 0 Å². The molecule has 0 bridgehead atoms. The molecule has 0 aliphatic rings. The van der Waals surface area contributed by atoms with Crippen molar-refractivity contribution < 1.29 is 9.53 Å². The summed E-state index contributed by atoms with van der Waals surface area (Å²) in [5.41, 5.74) is 1.84. The SMILES string of the molecule is Cc1cc2ncc(Br)cc2cc1OC(C)C(=O)S. The predicted molar refractivity (Wildman–Crippen MR) is 78.3 cm³/mol. The van der Waals surface area contributed by atoms with Crippen LogP contribution in [0.5, 0.6) is 5.75 Å². The van der Waals surface area contributed by atoms with Crippen LogP contribution in [-0.4, -0.2) is 16.2 Å². The van der Waals surface area contributed by atoms with Crippen molar-refractivity contribution in [3.05, 3.63) is 34.4 Å². The Labute approximate surface area is 119 Å². The summed E-state index contributed by atoms with van der Waals surface area (Å²) in [4.78, 5) is 15.4. The molecule has 0 radical (unpaired) electrons. The molecule has 1 unspecified atom stereocenters. The summed E-state index contributed by atoms with van der Waals surface area (Å²) in [6.45, 7) is 3.60. The molecule has 1 aromatic carbocycles. The van der Waals surface area contributed by atoms with Crippen molar-refractivity contribution in [1.82, 2.24) is 4.98 Å². The highest BCUT2D eigenvalue weighted by Crippen LogP contribution is 2.27. The van der Waals surface area contributed by atoms with Crippen LogP contribution in [0.3, 0.4) is 0 Å². The molecule has 0 spiro atoms. The predicted octanol–water partition coefficient (Wildman–Crippen LogP) is 3.53. The van der Waals surface area contributed by atoms with E-state index in [2.05, 4.69) is 33.5 Å². The number of nitrogens with zero attached hydrogens (tertiary/aromatic N) is 1. The Morgan fingerprint density at radius 1 is 1.44 bits per heavy atom. The second kappa shape index (κ2) is 5.28. The van der Waals surface area contributed by atoms with Gasteiger partial charge < -0.3 is 4.74 Å². The third-order valence-corrected chi connectivity index (χ3v) is 3.39. The summed E-state index contributed by atoms with van der Waals surface area (Å²) in [5.74, 6) is 0.678. The van der Waals surface area contributed by atoms with Crippen molar-refractivity contribution in [3.8, 4) is 5.75 Å². The minimum absolute atomic E-state index is 0.290. The van der Waals surface area contributed by atoms with Crippen LogP contribution < -0.4 is 4.74 Å². The second-order valence-electron chi connectivity index (χ2n) is 4.06. The fourth-order valence-corrected chi connectivity index (χ4v) is 2.00. The topological polar surface area (TPSA) is 39.2 Å². The maximum Gasteiger partial charge on any atom is 0.226 e. The molecule has 0 amide bonds. The first-order valence-corrected chi connectivity index (χ1v) is 6.67. The standard InChI is InChI=1S/C13H12BrNO2S/c1-7-3-11-9(4-10(14)6-15-11)5-12(7)17-8(2)13(16)18/h3-6,8H,1-2H3,(H,16,18). The Hall–Kier alpha value is -1.07. The fraction of sp³-hybridized carbons (Fsp3) is 0.231. The fourth-order valence-electron chi connectivity index (χ4n) is 1.60. The summed E-state index contributed by atoms with van der Waals surface area (Å²) in [6, 6.07) is 5.78. The lowest BCUT2D eigenvalue weighted by molar-refractivity contribution is -0.116. The van der Waals surface area contributed by atoms with Crippen LogP contribution in [-0.2, 0) is 4.79 Å². The molecule has 94 valence electrons. The molecular weight excluding hydrogens is 314 g/mol. The second-order valence-corrected chi connectivity index (χ2v) is 5.42. The smallest absolute Gasteiger partial charge is 0.226 e. The quantitative estimate of drug-likeness (QED) is 0.877. The Balaban J connectivity index is 2.44. The first-order valence-electron chi connectivity index (χ1n) is 5.43. The molecule has 18 heavy (non-hydrogen) atoms. The first-order chi connectivity index (χ1) is 8.47. The van der Waals surface area contributed by atoms with E-state index >= 15 is 0 Å². The van der Waals surface area contributed by atoms with Crippen LogP contribution in [0.1, 0.15) is 12.5 Å². The average molecular weight is 326 g/mol. The van der Waals surface area contributed by atoms with E-state index in [4.69, 9.17) is 4.74 Å². The minimum Gasteiger partial charge on any atom is -0.482 e. The van der Waals surface area contributed by atoms with Gasteiger partial charge in [-0.3, -0.25) is 9.78 Å². The number of carbonyl (C=O) groups is 1. The van der Waals surface area contributed by atoms with Gasteiger partial charge >= 0.3 is 0 Å². The zero-order valence-corrected chi connectivity index (χ0v) is 12.5. The lowest BCUT2D eigenvalue weighted by atomic mass is 10.1. The van der Waals surface area contributed by atoms with Gasteiger partial charge in [-0.1, -0.05) is 0 Å². The van der Waals surface area contributed by atoms with Crippen molar-refractivity contribution in [2.45, 2.75) is 20.0 Å². The zero-order chi connectivity index (χ0) is 13.3. The Kier molecular flexibility index (Phi) is 3.92. The van der Waals surface area contributed by atoms with E-state index in [1.54, 1.807) is 13.1 Å². The normalized spacial score (nSPS) is 12.4. The van der Waals surface area contributed by atoms with Crippen molar-refractivity contribution in [2.24, 2.45) is 0 Å². The Morgan fingerprint density at radius 2 is 2.17 bits per heavy atom. The molecule has 5 heteroatoms. The van der Waals surface area contributed by atoms with Gasteiger partial charge in [-0.05, 0) is 53.5 Å². The van der Waals surface area contributed by atoms with E-state index in [1.165, 1.54) is 0 Å². The molecule has 1 heterocycles. The molecule has 1 aromatic heterocycles. The molecular formula is C13H12BrNO2S. The van der Waals surface area contributed by atoms with E-state index in [1.807, 2.05) is 25.1 Å². The number of ether oxygens (including phenoxy) is 1. The van der Waals surface area contributed by atoms with Crippen LogP contribution >= 0.6 is 28.6 Å². The first kappa shape index (κ1) is 13.4. The summed E-state index contributed by atoms with van der Waals surface area (Å²) < 4.78 is 6.49. The number of pyridine rings is 1. The van der Waals surface area contributed by atoms with Crippen molar-refractivity contribution in [2.75, 3.05) is 0 Å². The van der Waals surface area contributed by atoms with E-state index in [-0.39, 0.29) is 5.12 Å². The Bertz CT molecular complexity index is 615. The van der Waals surface area contributed by atoms with Crippen LogP contribution in [0.2, 0.25) is 0 Å². The third kappa shape index (κ3) is 2.84. The summed E-state index contributed by atoms with van der Waals surface area (Å²) in [5, 5.41) is 0.672. The van der Waals surface area contributed by atoms with Gasteiger partial charge in [0.05, 0.1) is 5.52 Å². The van der Waals surface area contributed by atoms with E-state index in [9.17, 15) is 4.79 Å². The van der Waals surface area contributed by atoms with E-state index in [0.717, 1.165) is 20.9 Å². The van der Waals surface area contributed by atoms with Gasteiger partial charge in [-0.2, -0.15) is 0 Å². The number of aromatic nitrogens is 1. The molecule has 1 atom stereocenters. The monoisotopic (exact) mass is 325 g/mol. The number of fused-ring (bicyclic) bond motifs is 1. The zero-order valence-electron chi connectivity index (χ0n) is 9.98. The Morgan fingerprint density at radius 3 is 2.83 bits per heavy atom. The van der Waals surface area contributed by atoms with E-state index < -0.39 is 6.10 Å². The maximum absolute atomic E-state index is 11.1. The van der Waals surface area contributed by atoms with Gasteiger partial charge in [0.15, 0.2) is 6.10 Å². The third-order valence-electron chi connectivity index (χ3n) is 2.60. The van der Waals surface area contributed by atoms with Gasteiger partial charge in [-0.15, -0.1) is 12.6 Å². The molecule has 3 nitrogen and oxygen atoms in total. The number of aryl methyl sites for hydroxylation is 1. The lowest BCUT2D eigenvalue weighted by Gasteiger charge is -2.14. The van der Waals surface area contributed by atoms with Gasteiger partial charge in [0.1, 0.15) is 5.75 Å². The molecule has 0 aliphatic heterocycles. The molecule has 2 aromatic rings. The maximum atomic E-state index is 11.1. The van der Waals surface area contributed by atoms with E-state index in [0.29, 0.717) is 5.75 Å². The van der Waals surface area contributed by atoms with Gasteiger partial charge in [0.2, 0.25) is 5.12 Å². The number of benzene rings is 1. The molecule has 0 saturated carbocycles. The summed E-state index contributed by atoms with van der Waals surface area (Å²) >= 11 is 7.14. The highest BCUT2D eigenvalue weighted by atomic mass is 79.9. The van der Waals surface area contributed by atoms with Crippen molar-refractivity contribution >= 4 is 44.6 Å².